The number of hydrogen-bond acceptors (Lipinski definition) is 4. The monoisotopic (exact) mass is 195 g/mol. The fraction of sp³-hybridized carbons (Fsp3) is 0.200. The van der Waals surface area contributed by atoms with Gasteiger partial charge in [0.1, 0.15) is 0 Å². The summed E-state index contributed by atoms with van der Waals surface area (Å²) in [4.78, 5) is 0. The highest BCUT2D eigenvalue weighted by Gasteiger charge is 2.11. The molecule has 1 atom stereocenters. The first-order chi connectivity index (χ1) is 6.56. The van der Waals surface area contributed by atoms with Crippen molar-refractivity contribution in [1.82, 2.24) is 0 Å². The second kappa shape index (κ2) is 4.02. The van der Waals surface area contributed by atoms with E-state index in [1.807, 2.05) is 0 Å². The SMILES string of the molecule is C=CCC(N)c1cc(O)c(O)c(O)c1. The lowest BCUT2D eigenvalue weighted by atomic mass is 10.0. The molecule has 0 bridgehead atoms. The molecule has 4 nitrogen and oxygen atoms in total. The average molecular weight is 195 g/mol. The van der Waals surface area contributed by atoms with Crippen molar-refractivity contribution >= 4 is 0 Å². The summed E-state index contributed by atoms with van der Waals surface area (Å²) in [5.74, 6) is -1.28. The van der Waals surface area contributed by atoms with Crippen molar-refractivity contribution in [2.75, 3.05) is 0 Å². The highest BCUT2D eigenvalue weighted by Crippen LogP contribution is 2.37. The summed E-state index contributed by atoms with van der Waals surface area (Å²) in [7, 11) is 0. The van der Waals surface area contributed by atoms with Crippen LogP contribution in [0.2, 0.25) is 0 Å². The maximum atomic E-state index is 9.21. The molecule has 0 aliphatic carbocycles. The lowest BCUT2D eigenvalue weighted by Gasteiger charge is -2.11. The molecule has 0 aromatic heterocycles. The number of rotatable bonds is 3. The molecule has 1 rings (SSSR count). The standard InChI is InChI=1S/C10H13NO3/c1-2-3-7(11)6-4-8(12)10(14)9(13)5-6/h2,4-5,7,12-14H,1,3,11H2. The van der Waals surface area contributed by atoms with Gasteiger partial charge in [-0.25, -0.2) is 0 Å². The second-order valence-electron chi connectivity index (χ2n) is 3.04. The third kappa shape index (κ3) is 1.97. The first-order valence-electron chi connectivity index (χ1n) is 4.17. The number of aromatic hydroxyl groups is 3. The summed E-state index contributed by atoms with van der Waals surface area (Å²) in [6.07, 6.45) is 2.18. The van der Waals surface area contributed by atoms with Gasteiger partial charge in [0.05, 0.1) is 0 Å². The van der Waals surface area contributed by atoms with Gasteiger partial charge in [0, 0.05) is 6.04 Å². The first kappa shape index (κ1) is 10.4. The van der Waals surface area contributed by atoms with Crippen molar-refractivity contribution in [2.24, 2.45) is 5.73 Å². The number of hydrogen-bond donors (Lipinski definition) is 4. The fourth-order valence-corrected chi connectivity index (χ4v) is 1.16. The van der Waals surface area contributed by atoms with Crippen molar-refractivity contribution in [3.8, 4) is 17.2 Å². The number of phenolic OH excluding ortho intramolecular Hbond substituents is 3. The highest BCUT2D eigenvalue weighted by atomic mass is 16.3. The summed E-state index contributed by atoms with van der Waals surface area (Å²) in [5, 5.41) is 27.5. The zero-order valence-electron chi connectivity index (χ0n) is 7.64. The van der Waals surface area contributed by atoms with Crippen molar-refractivity contribution in [3.05, 3.63) is 30.4 Å². The van der Waals surface area contributed by atoms with Gasteiger partial charge < -0.3 is 21.1 Å². The molecule has 0 saturated heterocycles. The molecule has 0 amide bonds. The molecule has 0 aliphatic rings. The van der Waals surface area contributed by atoms with Gasteiger partial charge in [0.15, 0.2) is 17.2 Å². The van der Waals surface area contributed by atoms with E-state index in [4.69, 9.17) is 10.8 Å². The molecule has 0 heterocycles. The largest absolute Gasteiger partial charge is 0.504 e. The summed E-state index contributed by atoms with van der Waals surface area (Å²) < 4.78 is 0. The topological polar surface area (TPSA) is 86.7 Å². The molecule has 0 saturated carbocycles. The van der Waals surface area contributed by atoms with Gasteiger partial charge >= 0.3 is 0 Å². The molecule has 1 aromatic carbocycles. The Labute approximate surface area is 81.9 Å². The molecular formula is C10H13NO3. The molecule has 76 valence electrons. The Hall–Kier alpha value is -1.68. The van der Waals surface area contributed by atoms with E-state index in [2.05, 4.69) is 6.58 Å². The average Bonchev–Trinajstić information content (AvgIpc) is 2.13. The molecular weight excluding hydrogens is 182 g/mol. The molecule has 5 N–H and O–H groups in total. The summed E-state index contributed by atoms with van der Waals surface area (Å²) >= 11 is 0. The fourth-order valence-electron chi connectivity index (χ4n) is 1.16. The van der Waals surface area contributed by atoms with Gasteiger partial charge in [-0.2, -0.15) is 0 Å². The molecule has 1 unspecified atom stereocenters. The van der Waals surface area contributed by atoms with Crippen molar-refractivity contribution in [3.63, 3.8) is 0 Å². The van der Waals surface area contributed by atoms with Crippen molar-refractivity contribution in [2.45, 2.75) is 12.5 Å². The predicted octanol–water partition coefficient (Wildman–Crippen LogP) is 1.38. The molecule has 14 heavy (non-hydrogen) atoms. The molecule has 0 aliphatic heterocycles. The van der Waals surface area contributed by atoms with E-state index >= 15 is 0 Å². The summed E-state index contributed by atoms with van der Waals surface area (Å²) in [6.45, 7) is 3.53. The number of benzene rings is 1. The Balaban J connectivity index is 3.05. The van der Waals surface area contributed by atoms with Gasteiger partial charge in [0.25, 0.3) is 0 Å². The Morgan fingerprint density at radius 1 is 1.29 bits per heavy atom. The summed E-state index contributed by atoms with van der Waals surface area (Å²) in [6, 6.07) is 2.30. The highest BCUT2D eigenvalue weighted by molar-refractivity contribution is 5.51. The third-order valence-corrected chi connectivity index (χ3v) is 1.94. The predicted molar refractivity (Wildman–Crippen MR) is 53.2 cm³/mol. The Morgan fingerprint density at radius 3 is 2.21 bits per heavy atom. The van der Waals surface area contributed by atoms with E-state index in [-0.39, 0.29) is 17.5 Å². The smallest absolute Gasteiger partial charge is 0.200 e. The lowest BCUT2D eigenvalue weighted by Crippen LogP contribution is -2.08. The lowest BCUT2D eigenvalue weighted by molar-refractivity contribution is 0.366. The van der Waals surface area contributed by atoms with E-state index < -0.39 is 5.75 Å². The van der Waals surface area contributed by atoms with E-state index in [0.717, 1.165) is 0 Å². The minimum Gasteiger partial charge on any atom is -0.504 e. The van der Waals surface area contributed by atoms with Gasteiger partial charge in [0.2, 0.25) is 0 Å². The van der Waals surface area contributed by atoms with Crippen LogP contribution in [-0.2, 0) is 0 Å². The van der Waals surface area contributed by atoms with Gasteiger partial charge in [-0.1, -0.05) is 6.08 Å². The van der Waals surface area contributed by atoms with Crippen LogP contribution < -0.4 is 5.73 Å². The Morgan fingerprint density at radius 2 is 1.79 bits per heavy atom. The van der Waals surface area contributed by atoms with E-state index in [0.29, 0.717) is 12.0 Å². The molecule has 4 heteroatoms. The van der Waals surface area contributed by atoms with E-state index in [9.17, 15) is 10.2 Å². The first-order valence-corrected chi connectivity index (χ1v) is 4.17. The minimum absolute atomic E-state index is 0.343. The molecule has 1 aromatic rings. The van der Waals surface area contributed by atoms with Crippen LogP contribution >= 0.6 is 0 Å². The van der Waals surface area contributed by atoms with Crippen LogP contribution in [0.25, 0.3) is 0 Å². The Bertz CT molecular complexity index is 326. The van der Waals surface area contributed by atoms with Crippen LogP contribution in [0.1, 0.15) is 18.0 Å². The quantitative estimate of drug-likeness (QED) is 0.433. The second-order valence-corrected chi connectivity index (χ2v) is 3.04. The molecule has 0 fully saturated rings. The van der Waals surface area contributed by atoms with Crippen LogP contribution in [0.15, 0.2) is 24.8 Å². The van der Waals surface area contributed by atoms with Crippen molar-refractivity contribution in [1.29, 1.82) is 0 Å². The normalized spacial score (nSPS) is 12.4. The van der Waals surface area contributed by atoms with Gasteiger partial charge in [-0.3, -0.25) is 0 Å². The van der Waals surface area contributed by atoms with Crippen LogP contribution in [0.5, 0.6) is 17.2 Å². The van der Waals surface area contributed by atoms with Crippen LogP contribution in [0.4, 0.5) is 0 Å². The number of phenols is 3. The summed E-state index contributed by atoms with van der Waals surface area (Å²) in [5.41, 5.74) is 6.27. The van der Waals surface area contributed by atoms with Gasteiger partial charge in [-0.15, -0.1) is 6.58 Å². The molecule has 0 radical (unpaired) electrons. The molecule has 0 spiro atoms. The zero-order valence-corrected chi connectivity index (χ0v) is 7.64. The maximum absolute atomic E-state index is 9.21. The van der Waals surface area contributed by atoms with Gasteiger partial charge in [-0.05, 0) is 24.1 Å². The number of nitrogens with two attached hydrogens (primary N) is 1. The van der Waals surface area contributed by atoms with Crippen LogP contribution in [0, 0.1) is 0 Å². The van der Waals surface area contributed by atoms with E-state index in [1.54, 1.807) is 6.08 Å². The van der Waals surface area contributed by atoms with Crippen LogP contribution in [0.3, 0.4) is 0 Å². The minimum atomic E-state index is -0.528. The Kier molecular flexibility index (Phi) is 2.99. The van der Waals surface area contributed by atoms with Crippen molar-refractivity contribution < 1.29 is 15.3 Å². The zero-order chi connectivity index (χ0) is 10.7. The van der Waals surface area contributed by atoms with E-state index in [1.165, 1.54) is 12.1 Å². The third-order valence-electron chi connectivity index (χ3n) is 1.94. The maximum Gasteiger partial charge on any atom is 0.200 e. The van der Waals surface area contributed by atoms with Crippen LogP contribution in [-0.4, -0.2) is 15.3 Å².